The Hall–Kier alpha value is -1.85. The molecule has 1 amide bonds. The molecule has 2 aromatic rings. The van der Waals surface area contributed by atoms with E-state index in [9.17, 15) is 9.18 Å². The molecule has 20 heavy (non-hydrogen) atoms. The molecule has 0 saturated heterocycles. The van der Waals surface area contributed by atoms with E-state index in [1.165, 1.54) is 30.8 Å². The molecule has 2 N–H and O–H groups in total. The molecule has 0 aliphatic heterocycles. The summed E-state index contributed by atoms with van der Waals surface area (Å²) in [5, 5.41) is 11.7. The van der Waals surface area contributed by atoms with Crippen molar-refractivity contribution in [2.24, 2.45) is 0 Å². The Morgan fingerprint density at radius 3 is 2.50 bits per heavy atom. The number of anilines is 1. The predicted molar refractivity (Wildman–Crippen MR) is 77.2 cm³/mol. The molecule has 0 atom stereocenters. The monoisotopic (exact) mass is 291 g/mol. The SMILES string of the molecule is CC(=O)Nc1ccc(Sc2cc(F)cc(CO)c2)cc1. The highest BCUT2D eigenvalue weighted by atomic mass is 32.2. The molecule has 0 fully saturated rings. The Bertz CT molecular complexity index is 614. The summed E-state index contributed by atoms with van der Waals surface area (Å²) in [4.78, 5) is 12.6. The number of amides is 1. The molecule has 0 radical (unpaired) electrons. The molecule has 0 aliphatic carbocycles. The number of nitrogens with one attached hydrogen (secondary N) is 1. The van der Waals surface area contributed by atoms with Gasteiger partial charge in [0.1, 0.15) is 5.82 Å². The van der Waals surface area contributed by atoms with Gasteiger partial charge in [0.2, 0.25) is 5.91 Å². The standard InChI is InChI=1S/C15H14FNO2S/c1-10(19)17-13-2-4-14(5-3-13)20-15-7-11(9-18)6-12(16)8-15/h2-8,18H,9H2,1H3,(H,17,19). The van der Waals surface area contributed by atoms with Crippen LogP contribution in [0.15, 0.2) is 52.3 Å². The van der Waals surface area contributed by atoms with Crippen LogP contribution in [-0.4, -0.2) is 11.0 Å². The zero-order valence-electron chi connectivity index (χ0n) is 10.9. The Balaban J connectivity index is 2.13. The number of hydrogen-bond donors (Lipinski definition) is 2. The minimum absolute atomic E-state index is 0.122. The highest BCUT2D eigenvalue weighted by Gasteiger charge is 2.03. The third-order valence-electron chi connectivity index (χ3n) is 2.52. The summed E-state index contributed by atoms with van der Waals surface area (Å²) in [6, 6.07) is 11.7. The van der Waals surface area contributed by atoms with E-state index in [4.69, 9.17) is 5.11 Å². The average molecular weight is 291 g/mol. The zero-order chi connectivity index (χ0) is 14.5. The lowest BCUT2D eigenvalue weighted by molar-refractivity contribution is -0.114. The first-order valence-electron chi connectivity index (χ1n) is 6.02. The number of aliphatic hydroxyl groups is 1. The molecule has 3 nitrogen and oxygen atoms in total. The van der Waals surface area contributed by atoms with Crippen molar-refractivity contribution in [3.05, 3.63) is 53.8 Å². The maximum absolute atomic E-state index is 13.4. The van der Waals surface area contributed by atoms with Crippen LogP contribution in [-0.2, 0) is 11.4 Å². The van der Waals surface area contributed by atoms with Crippen molar-refractivity contribution in [3.63, 3.8) is 0 Å². The molecule has 5 heteroatoms. The maximum atomic E-state index is 13.4. The Kier molecular flexibility index (Phi) is 4.76. The van der Waals surface area contributed by atoms with Crippen LogP contribution in [0.2, 0.25) is 0 Å². The summed E-state index contributed by atoms with van der Waals surface area (Å²) in [7, 11) is 0. The Morgan fingerprint density at radius 1 is 1.20 bits per heavy atom. The molecule has 0 aromatic heterocycles. The first kappa shape index (κ1) is 14.6. The van der Waals surface area contributed by atoms with Crippen molar-refractivity contribution in [2.45, 2.75) is 23.3 Å². The quantitative estimate of drug-likeness (QED) is 0.907. The number of carbonyl (C=O) groups is 1. The van der Waals surface area contributed by atoms with Crippen molar-refractivity contribution >= 4 is 23.4 Å². The van der Waals surface area contributed by atoms with Crippen molar-refractivity contribution in [3.8, 4) is 0 Å². The molecule has 0 aliphatic rings. The lowest BCUT2D eigenvalue weighted by Gasteiger charge is -2.06. The second-order valence-electron chi connectivity index (χ2n) is 4.26. The van der Waals surface area contributed by atoms with Crippen molar-refractivity contribution in [1.29, 1.82) is 0 Å². The topological polar surface area (TPSA) is 49.3 Å². The number of benzene rings is 2. The normalized spacial score (nSPS) is 10.3. The van der Waals surface area contributed by atoms with Crippen LogP contribution in [0.4, 0.5) is 10.1 Å². The van der Waals surface area contributed by atoms with Crippen LogP contribution in [0.5, 0.6) is 0 Å². The first-order chi connectivity index (χ1) is 9.56. The average Bonchev–Trinajstić information content (AvgIpc) is 2.39. The van der Waals surface area contributed by atoms with E-state index in [2.05, 4.69) is 5.32 Å². The molecule has 0 bridgehead atoms. The van der Waals surface area contributed by atoms with E-state index in [0.717, 1.165) is 15.5 Å². The van der Waals surface area contributed by atoms with Crippen LogP contribution < -0.4 is 5.32 Å². The number of aliphatic hydroxyl groups excluding tert-OH is 1. The van der Waals surface area contributed by atoms with Gasteiger partial charge in [-0.05, 0) is 48.0 Å². The maximum Gasteiger partial charge on any atom is 0.221 e. The summed E-state index contributed by atoms with van der Waals surface area (Å²) in [5.74, 6) is -0.489. The molecule has 2 rings (SSSR count). The van der Waals surface area contributed by atoms with E-state index in [0.29, 0.717) is 5.56 Å². The van der Waals surface area contributed by atoms with Crippen LogP contribution in [0, 0.1) is 5.82 Å². The second-order valence-corrected chi connectivity index (χ2v) is 5.41. The minimum Gasteiger partial charge on any atom is -0.392 e. The molecule has 0 saturated carbocycles. The third-order valence-corrected chi connectivity index (χ3v) is 3.50. The van der Waals surface area contributed by atoms with Gasteiger partial charge in [0.15, 0.2) is 0 Å². The molecule has 0 unspecified atom stereocenters. The Labute approximate surface area is 120 Å². The zero-order valence-corrected chi connectivity index (χ0v) is 11.7. The minimum atomic E-state index is -0.367. The van der Waals surface area contributed by atoms with Gasteiger partial charge < -0.3 is 10.4 Å². The lowest BCUT2D eigenvalue weighted by atomic mass is 10.2. The summed E-state index contributed by atoms with van der Waals surface area (Å²) < 4.78 is 13.4. The summed E-state index contributed by atoms with van der Waals surface area (Å²) >= 11 is 1.40. The van der Waals surface area contributed by atoms with E-state index in [-0.39, 0.29) is 18.3 Å². The van der Waals surface area contributed by atoms with E-state index < -0.39 is 0 Å². The molecule has 104 valence electrons. The number of rotatable bonds is 4. The van der Waals surface area contributed by atoms with Gasteiger partial charge in [0, 0.05) is 22.4 Å². The van der Waals surface area contributed by atoms with E-state index >= 15 is 0 Å². The van der Waals surface area contributed by atoms with Gasteiger partial charge in [0.05, 0.1) is 6.61 Å². The fourth-order valence-electron chi connectivity index (χ4n) is 1.72. The second kappa shape index (κ2) is 6.54. The van der Waals surface area contributed by atoms with Crippen molar-refractivity contribution in [2.75, 3.05) is 5.32 Å². The third kappa shape index (κ3) is 4.08. The molecule has 0 spiro atoms. The number of carbonyl (C=O) groups excluding carboxylic acids is 1. The van der Waals surface area contributed by atoms with Gasteiger partial charge in [-0.2, -0.15) is 0 Å². The molecule has 0 heterocycles. The van der Waals surface area contributed by atoms with Gasteiger partial charge >= 0.3 is 0 Å². The van der Waals surface area contributed by atoms with Crippen molar-refractivity contribution in [1.82, 2.24) is 0 Å². The first-order valence-corrected chi connectivity index (χ1v) is 6.84. The Morgan fingerprint density at radius 2 is 1.90 bits per heavy atom. The number of hydrogen-bond acceptors (Lipinski definition) is 3. The predicted octanol–water partition coefficient (Wildman–Crippen LogP) is 3.43. The van der Waals surface area contributed by atoms with Crippen molar-refractivity contribution < 1.29 is 14.3 Å². The highest BCUT2D eigenvalue weighted by Crippen LogP contribution is 2.29. The van der Waals surface area contributed by atoms with Gasteiger partial charge in [-0.25, -0.2) is 4.39 Å². The highest BCUT2D eigenvalue weighted by molar-refractivity contribution is 7.99. The molecular formula is C15H14FNO2S. The van der Waals surface area contributed by atoms with E-state index in [1.54, 1.807) is 18.2 Å². The van der Waals surface area contributed by atoms with Crippen LogP contribution in [0.1, 0.15) is 12.5 Å². The fraction of sp³-hybridized carbons (Fsp3) is 0.133. The summed E-state index contributed by atoms with van der Waals surface area (Å²) in [5.41, 5.74) is 1.26. The van der Waals surface area contributed by atoms with Crippen LogP contribution in [0.3, 0.4) is 0 Å². The van der Waals surface area contributed by atoms with Crippen LogP contribution >= 0.6 is 11.8 Å². The van der Waals surface area contributed by atoms with Gasteiger partial charge in [0.25, 0.3) is 0 Å². The lowest BCUT2D eigenvalue weighted by Crippen LogP contribution is -2.05. The summed E-state index contributed by atoms with van der Waals surface area (Å²) in [6.45, 7) is 1.26. The molecule has 2 aromatic carbocycles. The summed E-state index contributed by atoms with van der Waals surface area (Å²) in [6.07, 6.45) is 0. The fourth-order valence-corrected chi connectivity index (χ4v) is 2.64. The van der Waals surface area contributed by atoms with Crippen LogP contribution in [0.25, 0.3) is 0 Å². The smallest absolute Gasteiger partial charge is 0.221 e. The van der Waals surface area contributed by atoms with Gasteiger partial charge in [-0.15, -0.1) is 0 Å². The number of halogens is 1. The van der Waals surface area contributed by atoms with Gasteiger partial charge in [-0.3, -0.25) is 4.79 Å². The van der Waals surface area contributed by atoms with Gasteiger partial charge in [-0.1, -0.05) is 11.8 Å². The largest absolute Gasteiger partial charge is 0.392 e. The molecular weight excluding hydrogens is 277 g/mol. The van der Waals surface area contributed by atoms with E-state index in [1.807, 2.05) is 12.1 Å².